The Kier molecular flexibility index (Phi) is 4.62. The number of carbonyl (C=O) groups excluding carboxylic acids is 1. The average Bonchev–Trinajstić information content (AvgIpc) is 2.35. The van der Waals surface area contributed by atoms with Crippen molar-refractivity contribution in [3.63, 3.8) is 0 Å². The fourth-order valence-corrected chi connectivity index (χ4v) is 1.52. The average molecular weight is 233 g/mol. The Morgan fingerprint density at radius 1 is 1.44 bits per heavy atom. The van der Waals surface area contributed by atoms with Crippen molar-refractivity contribution in [2.24, 2.45) is 0 Å². The fraction of sp³-hybridized carbons (Fsp3) is 0.167. The van der Waals surface area contributed by atoms with Crippen LogP contribution in [0.3, 0.4) is 0 Å². The summed E-state index contributed by atoms with van der Waals surface area (Å²) < 4.78 is 4.49. The van der Waals surface area contributed by atoms with E-state index in [1.807, 2.05) is 36.6 Å². The molecule has 0 fully saturated rings. The molecule has 0 radical (unpaired) electrons. The minimum Gasteiger partial charge on any atom is -0.465 e. The molecule has 0 spiro atoms. The fourth-order valence-electron chi connectivity index (χ4n) is 1.11. The summed E-state index contributed by atoms with van der Waals surface area (Å²) in [6, 6.07) is 9.38. The summed E-state index contributed by atoms with van der Waals surface area (Å²) in [5.41, 5.74) is 0.805. The van der Waals surface area contributed by atoms with Crippen LogP contribution in [-0.2, 0) is 9.53 Å². The molecular formula is C12H11NO2S. The number of methoxy groups -OCH3 is 1. The van der Waals surface area contributed by atoms with E-state index in [-0.39, 0.29) is 5.57 Å². The van der Waals surface area contributed by atoms with Crippen LogP contribution < -0.4 is 0 Å². The molecule has 0 saturated heterocycles. The third-order valence-electron chi connectivity index (χ3n) is 1.95. The number of benzene rings is 1. The van der Waals surface area contributed by atoms with Gasteiger partial charge >= 0.3 is 5.97 Å². The van der Waals surface area contributed by atoms with Crippen LogP contribution in [0, 0.1) is 11.3 Å². The molecule has 0 aromatic heterocycles. The van der Waals surface area contributed by atoms with Crippen LogP contribution in [-0.4, -0.2) is 19.3 Å². The highest BCUT2D eigenvalue weighted by atomic mass is 32.2. The molecule has 1 aromatic carbocycles. The van der Waals surface area contributed by atoms with Gasteiger partial charge in [0.05, 0.1) is 7.11 Å². The predicted molar refractivity (Wildman–Crippen MR) is 63.8 cm³/mol. The number of nitriles is 1. The Balaban J connectivity index is 2.96. The van der Waals surface area contributed by atoms with Crippen molar-refractivity contribution in [2.45, 2.75) is 4.90 Å². The quantitative estimate of drug-likeness (QED) is 0.348. The molecule has 0 amide bonds. The van der Waals surface area contributed by atoms with Gasteiger partial charge in [-0.15, -0.1) is 11.8 Å². The molecule has 0 heterocycles. The number of hydrogen-bond acceptors (Lipinski definition) is 4. The summed E-state index contributed by atoms with van der Waals surface area (Å²) in [6.07, 6.45) is 3.50. The standard InChI is InChI=1S/C12H11NO2S/c1-15-12(14)10(8-13)7-9-3-5-11(16-2)6-4-9/h3-7H,1-2H3/b10-7-. The first kappa shape index (κ1) is 12.3. The smallest absolute Gasteiger partial charge is 0.348 e. The van der Waals surface area contributed by atoms with Gasteiger partial charge in [-0.05, 0) is 30.0 Å². The first-order valence-corrected chi connectivity index (χ1v) is 5.78. The highest BCUT2D eigenvalue weighted by molar-refractivity contribution is 7.98. The predicted octanol–water partition coefficient (Wildman–Crippen LogP) is 2.49. The van der Waals surface area contributed by atoms with Gasteiger partial charge in [-0.1, -0.05) is 12.1 Å². The van der Waals surface area contributed by atoms with E-state index < -0.39 is 5.97 Å². The highest BCUT2D eigenvalue weighted by Crippen LogP contribution is 2.16. The van der Waals surface area contributed by atoms with Gasteiger partial charge in [0.15, 0.2) is 0 Å². The Bertz CT molecular complexity index is 443. The normalized spacial score (nSPS) is 10.7. The van der Waals surface area contributed by atoms with E-state index in [9.17, 15) is 4.79 Å². The van der Waals surface area contributed by atoms with Gasteiger partial charge in [0, 0.05) is 4.90 Å². The van der Waals surface area contributed by atoms with Gasteiger partial charge in [0.1, 0.15) is 11.6 Å². The van der Waals surface area contributed by atoms with Crippen molar-refractivity contribution in [2.75, 3.05) is 13.4 Å². The van der Waals surface area contributed by atoms with Gasteiger partial charge in [-0.2, -0.15) is 5.26 Å². The lowest BCUT2D eigenvalue weighted by atomic mass is 10.1. The maximum Gasteiger partial charge on any atom is 0.348 e. The van der Waals surface area contributed by atoms with Crippen molar-refractivity contribution in [3.05, 3.63) is 35.4 Å². The van der Waals surface area contributed by atoms with Crippen molar-refractivity contribution in [3.8, 4) is 6.07 Å². The molecule has 0 aliphatic rings. The minimum atomic E-state index is -0.614. The summed E-state index contributed by atoms with van der Waals surface area (Å²) in [6.45, 7) is 0. The van der Waals surface area contributed by atoms with Crippen molar-refractivity contribution in [1.29, 1.82) is 5.26 Å². The second-order valence-electron chi connectivity index (χ2n) is 2.93. The lowest BCUT2D eigenvalue weighted by Gasteiger charge is -1.98. The van der Waals surface area contributed by atoms with E-state index in [0.29, 0.717) is 0 Å². The summed E-state index contributed by atoms with van der Waals surface area (Å²) >= 11 is 1.64. The molecule has 82 valence electrons. The van der Waals surface area contributed by atoms with Gasteiger partial charge < -0.3 is 4.74 Å². The first-order chi connectivity index (χ1) is 7.71. The molecule has 0 atom stereocenters. The summed E-state index contributed by atoms with van der Waals surface area (Å²) in [5, 5.41) is 8.77. The monoisotopic (exact) mass is 233 g/mol. The molecule has 3 nitrogen and oxygen atoms in total. The summed E-state index contributed by atoms with van der Waals surface area (Å²) in [5.74, 6) is -0.614. The molecule has 0 aliphatic carbocycles. The largest absolute Gasteiger partial charge is 0.465 e. The second kappa shape index (κ2) is 5.99. The number of esters is 1. The number of ether oxygens (including phenoxy) is 1. The van der Waals surface area contributed by atoms with Gasteiger partial charge in [-0.3, -0.25) is 0 Å². The first-order valence-electron chi connectivity index (χ1n) is 4.55. The van der Waals surface area contributed by atoms with E-state index in [1.165, 1.54) is 13.2 Å². The van der Waals surface area contributed by atoms with Crippen LogP contribution in [0.1, 0.15) is 5.56 Å². The van der Waals surface area contributed by atoms with Crippen molar-refractivity contribution < 1.29 is 9.53 Å². The topological polar surface area (TPSA) is 50.1 Å². The lowest BCUT2D eigenvalue weighted by molar-refractivity contribution is -0.135. The number of thioether (sulfide) groups is 1. The molecule has 0 aliphatic heterocycles. The van der Waals surface area contributed by atoms with Gasteiger partial charge in [0.25, 0.3) is 0 Å². The number of nitrogens with zero attached hydrogens (tertiary/aromatic N) is 1. The van der Waals surface area contributed by atoms with E-state index in [2.05, 4.69) is 4.74 Å². The van der Waals surface area contributed by atoms with E-state index in [1.54, 1.807) is 11.8 Å². The van der Waals surface area contributed by atoms with Crippen LogP contribution in [0.2, 0.25) is 0 Å². The Hall–Kier alpha value is -1.73. The third kappa shape index (κ3) is 3.14. The summed E-state index contributed by atoms with van der Waals surface area (Å²) in [4.78, 5) is 12.3. The molecule has 0 unspecified atom stereocenters. The summed E-state index contributed by atoms with van der Waals surface area (Å²) in [7, 11) is 1.25. The van der Waals surface area contributed by atoms with Gasteiger partial charge in [0.2, 0.25) is 0 Å². The van der Waals surface area contributed by atoms with Crippen LogP contribution in [0.5, 0.6) is 0 Å². The number of carbonyl (C=O) groups is 1. The zero-order valence-corrected chi connectivity index (χ0v) is 9.88. The third-order valence-corrected chi connectivity index (χ3v) is 2.70. The molecule has 0 saturated carbocycles. The van der Waals surface area contributed by atoms with Crippen molar-refractivity contribution >= 4 is 23.8 Å². The maximum atomic E-state index is 11.2. The van der Waals surface area contributed by atoms with E-state index >= 15 is 0 Å². The molecule has 16 heavy (non-hydrogen) atoms. The van der Waals surface area contributed by atoms with E-state index in [0.717, 1.165) is 10.5 Å². The molecule has 0 N–H and O–H groups in total. The SMILES string of the molecule is COC(=O)/C(C#N)=C\c1ccc(SC)cc1. The molecule has 4 heteroatoms. The molecule has 0 bridgehead atoms. The van der Waals surface area contributed by atoms with Gasteiger partial charge in [-0.25, -0.2) is 4.79 Å². The molecule has 1 rings (SSSR count). The van der Waals surface area contributed by atoms with Crippen LogP contribution in [0.25, 0.3) is 6.08 Å². The van der Waals surface area contributed by atoms with Crippen molar-refractivity contribution in [1.82, 2.24) is 0 Å². The second-order valence-corrected chi connectivity index (χ2v) is 3.81. The van der Waals surface area contributed by atoms with Crippen LogP contribution >= 0.6 is 11.8 Å². The van der Waals surface area contributed by atoms with E-state index in [4.69, 9.17) is 5.26 Å². The zero-order valence-electron chi connectivity index (χ0n) is 9.06. The Morgan fingerprint density at radius 2 is 2.06 bits per heavy atom. The molecular weight excluding hydrogens is 222 g/mol. The maximum absolute atomic E-state index is 11.2. The minimum absolute atomic E-state index is 0.000554. The number of rotatable bonds is 3. The lowest BCUT2D eigenvalue weighted by Crippen LogP contribution is -2.02. The highest BCUT2D eigenvalue weighted by Gasteiger charge is 2.07. The number of hydrogen-bond donors (Lipinski definition) is 0. The van der Waals surface area contributed by atoms with Crippen LogP contribution in [0.15, 0.2) is 34.7 Å². The Labute approximate surface area is 98.7 Å². The molecule has 1 aromatic rings. The van der Waals surface area contributed by atoms with Crippen LogP contribution in [0.4, 0.5) is 0 Å². The Morgan fingerprint density at radius 3 is 2.50 bits per heavy atom. The zero-order chi connectivity index (χ0) is 12.0.